The number of aromatic nitrogens is 1. The van der Waals surface area contributed by atoms with Gasteiger partial charge in [-0.3, -0.25) is 14.5 Å². The number of aromatic hydroxyl groups is 1. The van der Waals surface area contributed by atoms with Crippen LogP contribution >= 0.6 is 0 Å². The van der Waals surface area contributed by atoms with Gasteiger partial charge in [0.1, 0.15) is 35.3 Å². The molecule has 230 valence electrons. The van der Waals surface area contributed by atoms with Crippen molar-refractivity contribution in [3.63, 3.8) is 0 Å². The monoisotopic (exact) mass is 613 g/mol. The van der Waals surface area contributed by atoms with E-state index in [0.29, 0.717) is 29.1 Å². The predicted octanol–water partition coefficient (Wildman–Crippen LogP) is 8.12. The molecule has 0 saturated heterocycles. The number of para-hydroxylation sites is 2. The average Bonchev–Trinajstić information content (AvgIpc) is 3.18. The van der Waals surface area contributed by atoms with Gasteiger partial charge in [0.15, 0.2) is 5.78 Å². The molecule has 1 amide bonds. The van der Waals surface area contributed by atoms with Crippen molar-refractivity contribution in [3.05, 3.63) is 137 Å². The second-order valence-electron chi connectivity index (χ2n) is 12.6. The number of hydrogen-bond donors (Lipinski definition) is 2. The Hall–Kier alpha value is -5.50. The molecule has 46 heavy (non-hydrogen) atoms. The minimum absolute atomic E-state index is 0.102. The molecule has 1 aromatic heterocycles. The van der Waals surface area contributed by atoms with Crippen LogP contribution in [0.3, 0.4) is 0 Å². The summed E-state index contributed by atoms with van der Waals surface area (Å²) in [6.07, 6.45) is 0.664. The number of rotatable bonds is 5. The third kappa shape index (κ3) is 5.36. The van der Waals surface area contributed by atoms with Gasteiger partial charge in [0, 0.05) is 34.7 Å². The molecule has 2 N–H and O–H groups in total. The minimum atomic E-state index is -1.15. The van der Waals surface area contributed by atoms with E-state index in [9.17, 15) is 14.7 Å². The Balaban J connectivity index is 1.40. The SMILES string of the molecule is CC1(C)CC(=O)C2=C(C1)Nc1c(O)cccc1N(C(=O)c1ccc3ccccc3n1)[C@@H]2c1ccc(OCc2ccccc2)cc1F. The highest BCUT2D eigenvalue weighted by Gasteiger charge is 2.45. The first kappa shape index (κ1) is 29.2. The largest absolute Gasteiger partial charge is 0.506 e. The van der Waals surface area contributed by atoms with Crippen LogP contribution in [-0.4, -0.2) is 21.8 Å². The second kappa shape index (κ2) is 11.5. The first-order valence-corrected chi connectivity index (χ1v) is 15.2. The number of phenolic OH excluding ortho intramolecular Hbond substituents is 1. The topological polar surface area (TPSA) is 91.8 Å². The second-order valence-corrected chi connectivity index (χ2v) is 12.6. The zero-order chi connectivity index (χ0) is 32.0. The summed E-state index contributed by atoms with van der Waals surface area (Å²) >= 11 is 0. The lowest BCUT2D eigenvalue weighted by atomic mass is 9.73. The number of anilines is 2. The lowest BCUT2D eigenvalue weighted by Gasteiger charge is -2.37. The number of allylic oxidation sites excluding steroid dienone is 1. The van der Waals surface area contributed by atoms with Gasteiger partial charge in [-0.2, -0.15) is 0 Å². The van der Waals surface area contributed by atoms with E-state index in [1.165, 1.54) is 17.0 Å². The van der Waals surface area contributed by atoms with Crippen LogP contribution in [0.4, 0.5) is 15.8 Å². The van der Waals surface area contributed by atoms with E-state index in [2.05, 4.69) is 10.3 Å². The number of hydrogen-bond acceptors (Lipinski definition) is 6. The number of nitrogens with zero attached hydrogens (tertiary/aromatic N) is 2. The Morgan fingerprint density at radius 2 is 1.76 bits per heavy atom. The van der Waals surface area contributed by atoms with Crippen molar-refractivity contribution >= 4 is 34.0 Å². The van der Waals surface area contributed by atoms with E-state index in [0.717, 1.165) is 10.9 Å². The molecule has 1 aliphatic carbocycles. The van der Waals surface area contributed by atoms with Crippen molar-refractivity contribution in [2.75, 3.05) is 10.2 Å². The minimum Gasteiger partial charge on any atom is -0.506 e. The summed E-state index contributed by atoms with van der Waals surface area (Å²) in [5.74, 6) is -1.17. The van der Waals surface area contributed by atoms with Crippen LogP contribution in [0, 0.1) is 11.2 Å². The van der Waals surface area contributed by atoms with Gasteiger partial charge in [-0.1, -0.05) is 74.5 Å². The van der Waals surface area contributed by atoms with Gasteiger partial charge in [0.25, 0.3) is 5.91 Å². The number of pyridine rings is 1. The lowest BCUT2D eigenvalue weighted by Crippen LogP contribution is -2.40. The first-order valence-electron chi connectivity index (χ1n) is 15.2. The molecular formula is C38H32FN3O4. The number of nitrogens with one attached hydrogen (secondary N) is 1. The summed E-state index contributed by atoms with van der Waals surface area (Å²) in [7, 11) is 0. The molecule has 5 aromatic rings. The maximum absolute atomic E-state index is 16.4. The fraction of sp³-hybridized carbons (Fsp3) is 0.184. The highest BCUT2D eigenvalue weighted by molar-refractivity contribution is 6.12. The number of halogens is 1. The third-order valence-electron chi connectivity index (χ3n) is 8.56. The van der Waals surface area contributed by atoms with E-state index in [1.807, 2.05) is 74.5 Å². The van der Waals surface area contributed by atoms with Crippen molar-refractivity contribution in [3.8, 4) is 11.5 Å². The van der Waals surface area contributed by atoms with E-state index in [1.54, 1.807) is 30.3 Å². The van der Waals surface area contributed by atoms with Gasteiger partial charge < -0.3 is 15.2 Å². The van der Waals surface area contributed by atoms with Gasteiger partial charge in [-0.05, 0) is 53.8 Å². The van der Waals surface area contributed by atoms with E-state index < -0.39 is 23.2 Å². The van der Waals surface area contributed by atoms with Crippen molar-refractivity contribution in [1.82, 2.24) is 4.98 Å². The molecule has 0 radical (unpaired) electrons. The molecule has 0 unspecified atom stereocenters. The van der Waals surface area contributed by atoms with E-state index in [4.69, 9.17) is 4.74 Å². The number of carbonyl (C=O) groups is 2. The molecule has 2 aliphatic rings. The molecule has 0 spiro atoms. The van der Waals surface area contributed by atoms with Crippen LogP contribution in [-0.2, 0) is 11.4 Å². The summed E-state index contributed by atoms with van der Waals surface area (Å²) in [4.78, 5) is 34.8. The normalized spacial score (nSPS) is 17.2. The fourth-order valence-corrected chi connectivity index (χ4v) is 6.43. The number of Topliss-reactive ketones (excluding diaryl/α,β-unsaturated/α-hetero) is 1. The van der Waals surface area contributed by atoms with Gasteiger partial charge in [0.2, 0.25) is 0 Å². The molecule has 7 rings (SSSR count). The Morgan fingerprint density at radius 3 is 2.57 bits per heavy atom. The number of amides is 1. The molecular weight excluding hydrogens is 581 g/mol. The number of ether oxygens (including phenoxy) is 1. The lowest BCUT2D eigenvalue weighted by molar-refractivity contribution is -0.118. The summed E-state index contributed by atoms with van der Waals surface area (Å²) in [5.41, 5.74) is 2.78. The van der Waals surface area contributed by atoms with Crippen LogP contribution in [0.25, 0.3) is 10.9 Å². The van der Waals surface area contributed by atoms with Crippen LogP contribution in [0.15, 0.2) is 114 Å². The van der Waals surface area contributed by atoms with Crippen LogP contribution < -0.4 is 15.0 Å². The highest BCUT2D eigenvalue weighted by atomic mass is 19.1. The predicted molar refractivity (Wildman–Crippen MR) is 175 cm³/mol. The Kier molecular flexibility index (Phi) is 7.28. The van der Waals surface area contributed by atoms with E-state index in [-0.39, 0.29) is 47.1 Å². The summed E-state index contributed by atoms with van der Waals surface area (Å²) in [5, 5.41) is 15.2. The average molecular weight is 614 g/mol. The number of benzene rings is 4. The fourth-order valence-electron chi connectivity index (χ4n) is 6.43. The third-order valence-corrected chi connectivity index (χ3v) is 8.56. The van der Waals surface area contributed by atoms with Crippen LogP contribution in [0.2, 0.25) is 0 Å². The number of carbonyl (C=O) groups excluding carboxylic acids is 2. The Morgan fingerprint density at radius 1 is 0.978 bits per heavy atom. The zero-order valence-corrected chi connectivity index (χ0v) is 25.5. The van der Waals surface area contributed by atoms with Gasteiger partial charge in [-0.25, -0.2) is 9.37 Å². The molecule has 1 atom stereocenters. The molecule has 1 aliphatic heterocycles. The molecule has 2 heterocycles. The van der Waals surface area contributed by atoms with Crippen molar-refractivity contribution in [1.29, 1.82) is 0 Å². The standard InChI is InChI=1S/C38H32FN3O4/c1-38(2)20-30-34(33(44)21-38)36(26-17-16-25(19-27(26)39)46-22-23-9-4-3-5-10-23)42(31-13-8-14-32(43)35(31)41-30)37(45)29-18-15-24-11-6-7-12-28(24)40-29/h3-19,36,41,43H,20-22H2,1-2H3/t36-/m1/s1. The van der Waals surface area contributed by atoms with Crippen LogP contribution in [0.5, 0.6) is 11.5 Å². The van der Waals surface area contributed by atoms with Crippen molar-refractivity contribution < 1.29 is 23.8 Å². The summed E-state index contributed by atoms with van der Waals surface area (Å²) < 4.78 is 22.3. The maximum Gasteiger partial charge on any atom is 0.277 e. The van der Waals surface area contributed by atoms with Crippen LogP contribution in [0.1, 0.15) is 54.3 Å². The maximum atomic E-state index is 16.4. The molecule has 0 saturated carbocycles. The Labute approximate surface area is 266 Å². The number of phenols is 1. The first-order chi connectivity index (χ1) is 22.2. The zero-order valence-electron chi connectivity index (χ0n) is 25.5. The van der Waals surface area contributed by atoms with Crippen molar-refractivity contribution in [2.24, 2.45) is 5.41 Å². The molecule has 0 bridgehead atoms. The van der Waals surface area contributed by atoms with Gasteiger partial charge in [-0.15, -0.1) is 0 Å². The molecule has 0 fully saturated rings. The molecule has 8 heteroatoms. The molecule has 7 nitrogen and oxygen atoms in total. The molecule has 4 aromatic carbocycles. The van der Waals surface area contributed by atoms with Gasteiger partial charge in [0.05, 0.1) is 17.2 Å². The smallest absolute Gasteiger partial charge is 0.277 e. The summed E-state index contributed by atoms with van der Waals surface area (Å²) in [6.45, 7) is 4.23. The van der Waals surface area contributed by atoms with Crippen molar-refractivity contribution in [2.45, 2.75) is 39.3 Å². The number of ketones is 1. The highest BCUT2D eigenvalue weighted by Crippen LogP contribution is 2.51. The Bertz CT molecular complexity index is 2040. The summed E-state index contributed by atoms with van der Waals surface area (Å²) in [6, 6.07) is 28.6. The quantitative estimate of drug-likeness (QED) is 0.195. The number of fused-ring (bicyclic) bond motifs is 2. The van der Waals surface area contributed by atoms with Gasteiger partial charge >= 0.3 is 0 Å². The van der Waals surface area contributed by atoms with E-state index >= 15 is 4.39 Å².